The summed E-state index contributed by atoms with van der Waals surface area (Å²) in [5.74, 6) is 3.43. The predicted molar refractivity (Wildman–Crippen MR) is 87.1 cm³/mol. The third kappa shape index (κ3) is 3.47. The van der Waals surface area contributed by atoms with Gasteiger partial charge in [0.25, 0.3) is 0 Å². The van der Waals surface area contributed by atoms with Crippen molar-refractivity contribution in [1.29, 1.82) is 0 Å². The van der Waals surface area contributed by atoms with Crippen molar-refractivity contribution in [2.24, 2.45) is 17.1 Å². The molecule has 1 aliphatic carbocycles. The van der Waals surface area contributed by atoms with Crippen LogP contribution >= 0.6 is 0 Å². The van der Waals surface area contributed by atoms with E-state index >= 15 is 0 Å². The summed E-state index contributed by atoms with van der Waals surface area (Å²) >= 11 is 0. The molecule has 1 heterocycles. The molecule has 120 valence electrons. The van der Waals surface area contributed by atoms with Gasteiger partial charge in [-0.05, 0) is 57.8 Å². The van der Waals surface area contributed by atoms with E-state index in [2.05, 4.69) is 56.3 Å². The lowest BCUT2D eigenvalue weighted by molar-refractivity contribution is 0.164. The molecule has 4 heteroatoms. The molecular weight excluding hydrogens is 260 g/mol. The first-order valence-electron chi connectivity index (χ1n) is 8.29. The molecule has 2 N–H and O–H groups in total. The largest absolute Gasteiger partial charge is 0.324 e. The van der Waals surface area contributed by atoms with Crippen molar-refractivity contribution in [3.8, 4) is 0 Å². The Morgan fingerprint density at radius 3 is 2.00 bits per heavy atom. The Morgan fingerprint density at radius 2 is 1.57 bits per heavy atom. The van der Waals surface area contributed by atoms with Crippen LogP contribution in [0, 0.1) is 11.3 Å². The molecule has 0 radical (unpaired) electrons. The van der Waals surface area contributed by atoms with Gasteiger partial charge in [-0.1, -0.05) is 20.8 Å². The van der Waals surface area contributed by atoms with E-state index in [9.17, 15) is 0 Å². The molecule has 0 aromatic carbocycles. The fraction of sp³-hybridized carbons (Fsp3) is 0.882. The molecule has 1 saturated carbocycles. The van der Waals surface area contributed by atoms with Gasteiger partial charge in [-0.25, -0.2) is 0 Å². The maximum Gasteiger partial charge on any atom is 0.147 e. The van der Waals surface area contributed by atoms with E-state index in [-0.39, 0.29) is 5.54 Å². The summed E-state index contributed by atoms with van der Waals surface area (Å²) < 4.78 is 2.27. The SMILES string of the molecule is CC(C)(C)C1CCC(c2nnc(CN)n2C(C)(C)C)CC1. The number of nitrogens with two attached hydrogens (primary N) is 1. The quantitative estimate of drug-likeness (QED) is 0.901. The topological polar surface area (TPSA) is 56.7 Å². The molecule has 2 rings (SSSR count). The van der Waals surface area contributed by atoms with E-state index in [1.165, 1.54) is 25.7 Å². The lowest BCUT2D eigenvalue weighted by atomic mass is 9.69. The molecular formula is C17H32N4. The van der Waals surface area contributed by atoms with Crippen LogP contribution < -0.4 is 5.73 Å². The van der Waals surface area contributed by atoms with Crippen molar-refractivity contribution in [1.82, 2.24) is 14.8 Å². The number of rotatable bonds is 2. The van der Waals surface area contributed by atoms with Crippen LogP contribution in [-0.4, -0.2) is 14.8 Å². The molecule has 0 aliphatic heterocycles. The van der Waals surface area contributed by atoms with Crippen LogP contribution in [0.2, 0.25) is 0 Å². The van der Waals surface area contributed by atoms with Gasteiger partial charge < -0.3 is 10.3 Å². The molecule has 0 amide bonds. The Bertz CT molecular complexity index is 468. The van der Waals surface area contributed by atoms with Gasteiger partial charge in [-0.2, -0.15) is 0 Å². The van der Waals surface area contributed by atoms with Gasteiger partial charge in [0.2, 0.25) is 0 Å². The molecule has 0 saturated heterocycles. The van der Waals surface area contributed by atoms with Gasteiger partial charge in [0, 0.05) is 11.5 Å². The van der Waals surface area contributed by atoms with E-state index in [0.717, 1.165) is 17.6 Å². The number of aromatic nitrogens is 3. The minimum absolute atomic E-state index is 0.00554. The highest BCUT2D eigenvalue weighted by Crippen LogP contribution is 2.43. The monoisotopic (exact) mass is 292 g/mol. The molecule has 0 bridgehead atoms. The Hall–Kier alpha value is -0.900. The molecule has 1 aromatic heterocycles. The summed E-state index contributed by atoms with van der Waals surface area (Å²) in [6.07, 6.45) is 5.04. The van der Waals surface area contributed by atoms with Crippen LogP contribution in [0.3, 0.4) is 0 Å². The lowest BCUT2D eigenvalue weighted by Crippen LogP contribution is -2.31. The minimum atomic E-state index is -0.00554. The average molecular weight is 292 g/mol. The Kier molecular flexibility index (Phi) is 4.48. The van der Waals surface area contributed by atoms with Crippen LogP contribution in [0.5, 0.6) is 0 Å². The van der Waals surface area contributed by atoms with E-state index in [4.69, 9.17) is 5.73 Å². The molecule has 1 aromatic rings. The van der Waals surface area contributed by atoms with E-state index in [1.54, 1.807) is 0 Å². The Labute approximate surface area is 129 Å². The first-order valence-corrected chi connectivity index (χ1v) is 8.29. The summed E-state index contributed by atoms with van der Waals surface area (Å²) in [6, 6.07) is 0. The van der Waals surface area contributed by atoms with Gasteiger partial charge in [-0.15, -0.1) is 10.2 Å². The molecule has 1 fully saturated rings. The van der Waals surface area contributed by atoms with E-state index < -0.39 is 0 Å². The second-order valence-corrected chi connectivity index (χ2v) is 8.60. The van der Waals surface area contributed by atoms with Gasteiger partial charge in [0.1, 0.15) is 11.6 Å². The Morgan fingerprint density at radius 1 is 1.00 bits per heavy atom. The zero-order chi connectivity index (χ0) is 15.8. The summed E-state index contributed by atoms with van der Waals surface area (Å²) in [6.45, 7) is 14.2. The zero-order valence-electron chi connectivity index (χ0n) is 14.6. The van der Waals surface area contributed by atoms with Crippen molar-refractivity contribution in [2.45, 2.75) is 85.2 Å². The first-order chi connectivity index (χ1) is 9.64. The van der Waals surface area contributed by atoms with Gasteiger partial charge in [-0.3, -0.25) is 0 Å². The molecule has 0 unspecified atom stereocenters. The maximum absolute atomic E-state index is 5.85. The summed E-state index contributed by atoms with van der Waals surface area (Å²) in [7, 11) is 0. The van der Waals surface area contributed by atoms with Crippen LogP contribution in [0.4, 0.5) is 0 Å². The fourth-order valence-corrected chi connectivity index (χ4v) is 3.68. The standard InChI is InChI=1S/C17H32N4/c1-16(2,3)13-9-7-12(8-10-13)15-20-19-14(11-18)21(15)17(4,5)6/h12-13H,7-11,18H2,1-6H3. The lowest BCUT2D eigenvalue weighted by Gasteiger charge is -2.37. The van der Waals surface area contributed by atoms with E-state index in [0.29, 0.717) is 17.9 Å². The van der Waals surface area contributed by atoms with Crippen molar-refractivity contribution in [3.05, 3.63) is 11.6 Å². The molecule has 21 heavy (non-hydrogen) atoms. The third-order valence-electron chi connectivity index (χ3n) is 4.93. The molecule has 0 spiro atoms. The Balaban J connectivity index is 2.20. The predicted octanol–water partition coefficient (Wildman–Crippen LogP) is 3.81. The summed E-state index contributed by atoms with van der Waals surface area (Å²) in [4.78, 5) is 0. The number of nitrogens with zero attached hydrogens (tertiary/aromatic N) is 3. The highest BCUT2D eigenvalue weighted by Gasteiger charge is 2.34. The van der Waals surface area contributed by atoms with Crippen molar-refractivity contribution < 1.29 is 0 Å². The molecule has 4 nitrogen and oxygen atoms in total. The third-order valence-corrected chi connectivity index (χ3v) is 4.93. The van der Waals surface area contributed by atoms with Crippen molar-refractivity contribution >= 4 is 0 Å². The maximum atomic E-state index is 5.85. The first kappa shape index (κ1) is 16.5. The zero-order valence-corrected chi connectivity index (χ0v) is 14.6. The summed E-state index contributed by atoms with van der Waals surface area (Å²) in [5.41, 5.74) is 6.26. The summed E-state index contributed by atoms with van der Waals surface area (Å²) in [5, 5.41) is 8.83. The smallest absolute Gasteiger partial charge is 0.147 e. The van der Waals surface area contributed by atoms with Crippen LogP contribution in [0.1, 0.15) is 84.8 Å². The second kappa shape index (κ2) is 5.71. The highest BCUT2D eigenvalue weighted by atomic mass is 15.3. The number of hydrogen-bond acceptors (Lipinski definition) is 3. The van der Waals surface area contributed by atoms with Crippen LogP contribution in [-0.2, 0) is 12.1 Å². The fourth-order valence-electron chi connectivity index (χ4n) is 3.68. The molecule has 0 atom stereocenters. The normalized spacial score (nSPS) is 24.3. The van der Waals surface area contributed by atoms with Crippen molar-refractivity contribution in [2.75, 3.05) is 0 Å². The van der Waals surface area contributed by atoms with Gasteiger partial charge >= 0.3 is 0 Å². The molecule has 1 aliphatic rings. The van der Waals surface area contributed by atoms with E-state index in [1.807, 2.05) is 0 Å². The number of hydrogen-bond donors (Lipinski definition) is 1. The average Bonchev–Trinajstić information content (AvgIpc) is 2.81. The van der Waals surface area contributed by atoms with Crippen LogP contribution in [0.15, 0.2) is 0 Å². The highest BCUT2D eigenvalue weighted by molar-refractivity contribution is 5.07. The van der Waals surface area contributed by atoms with Crippen molar-refractivity contribution in [3.63, 3.8) is 0 Å². The van der Waals surface area contributed by atoms with Crippen LogP contribution in [0.25, 0.3) is 0 Å². The van der Waals surface area contributed by atoms with Gasteiger partial charge in [0.15, 0.2) is 0 Å². The second-order valence-electron chi connectivity index (χ2n) is 8.60. The van der Waals surface area contributed by atoms with Gasteiger partial charge in [0.05, 0.1) is 6.54 Å². The minimum Gasteiger partial charge on any atom is -0.324 e.